The molecule has 1 saturated heterocycles. The Bertz CT molecular complexity index is 180. The summed E-state index contributed by atoms with van der Waals surface area (Å²) in [6, 6.07) is 0. The highest BCUT2D eigenvalue weighted by Crippen LogP contribution is 2.05. The third-order valence-corrected chi connectivity index (χ3v) is 2.92. The SMILES string of the molecule is COCC(O)CN1CCN(CC(C)C)CC1. The van der Waals surface area contributed by atoms with Crippen LogP contribution in [-0.2, 0) is 4.74 Å². The normalized spacial score (nSPS) is 21.6. The molecule has 4 nitrogen and oxygen atoms in total. The summed E-state index contributed by atoms with van der Waals surface area (Å²) in [5.41, 5.74) is 0. The van der Waals surface area contributed by atoms with Gasteiger partial charge in [-0.25, -0.2) is 0 Å². The molecular formula is C12H26N2O2. The summed E-state index contributed by atoms with van der Waals surface area (Å²) in [6.07, 6.45) is -0.346. The van der Waals surface area contributed by atoms with Gasteiger partial charge in [0.1, 0.15) is 0 Å². The number of piperazine rings is 1. The second-order valence-electron chi connectivity index (χ2n) is 5.10. The molecule has 0 aromatic carbocycles. The van der Waals surface area contributed by atoms with E-state index < -0.39 is 0 Å². The number of nitrogens with zero attached hydrogens (tertiary/aromatic N) is 2. The Balaban J connectivity index is 2.16. The van der Waals surface area contributed by atoms with Crippen LogP contribution < -0.4 is 0 Å². The average molecular weight is 230 g/mol. The Morgan fingerprint density at radius 1 is 1.06 bits per heavy atom. The van der Waals surface area contributed by atoms with E-state index in [0.29, 0.717) is 6.61 Å². The summed E-state index contributed by atoms with van der Waals surface area (Å²) in [4.78, 5) is 4.82. The van der Waals surface area contributed by atoms with Crippen molar-refractivity contribution >= 4 is 0 Å². The topological polar surface area (TPSA) is 35.9 Å². The smallest absolute Gasteiger partial charge is 0.0900 e. The van der Waals surface area contributed by atoms with Gasteiger partial charge in [0.15, 0.2) is 0 Å². The molecule has 1 aliphatic heterocycles. The van der Waals surface area contributed by atoms with Crippen LogP contribution in [0.4, 0.5) is 0 Å². The standard InChI is InChI=1S/C12H26N2O2/c1-11(2)8-13-4-6-14(7-5-13)9-12(15)10-16-3/h11-12,15H,4-10H2,1-3H3. The van der Waals surface area contributed by atoms with Crippen molar-refractivity contribution in [2.45, 2.75) is 20.0 Å². The summed E-state index contributed by atoms with van der Waals surface area (Å²) < 4.78 is 4.93. The van der Waals surface area contributed by atoms with Gasteiger partial charge in [-0.2, -0.15) is 0 Å². The molecule has 1 N–H and O–H groups in total. The van der Waals surface area contributed by atoms with Gasteiger partial charge < -0.3 is 14.7 Å². The Labute approximate surface area is 99.2 Å². The van der Waals surface area contributed by atoms with Crippen molar-refractivity contribution in [2.24, 2.45) is 5.92 Å². The van der Waals surface area contributed by atoms with E-state index in [1.807, 2.05) is 0 Å². The van der Waals surface area contributed by atoms with E-state index in [2.05, 4.69) is 23.6 Å². The lowest BCUT2D eigenvalue weighted by Gasteiger charge is -2.36. The number of rotatable bonds is 6. The van der Waals surface area contributed by atoms with Crippen LogP contribution >= 0.6 is 0 Å². The third kappa shape index (κ3) is 5.25. The highest BCUT2D eigenvalue weighted by atomic mass is 16.5. The Kier molecular flexibility index (Phi) is 6.28. The first-order chi connectivity index (χ1) is 7.61. The molecule has 1 rings (SSSR count). The first-order valence-corrected chi connectivity index (χ1v) is 6.23. The van der Waals surface area contributed by atoms with E-state index in [1.165, 1.54) is 6.54 Å². The molecule has 0 radical (unpaired) electrons. The second-order valence-corrected chi connectivity index (χ2v) is 5.10. The van der Waals surface area contributed by atoms with E-state index in [9.17, 15) is 5.11 Å². The largest absolute Gasteiger partial charge is 0.389 e. The van der Waals surface area contributed by atoms with Crippen molar-refractivity contribution in [3.8, 4) is 0 Å². The Hall–Kier alpha value is -0.160. The molecule has 16 heavy (non-hydrogen) atoms. The molecule has 1 atom stereocenters. The van der Waals surface area contributed by atoms with Crippen LogP contribution in [0.15, 0.2) is 0 Å². The van der Waals surface area contributed by atoms with E-state index in [0.717, 1.165) is 38.6 Å². The molecule has 0 spiro atoms. The van der Waals surface area contributed by atoms with Crippen molar-refractivity contribution < 1.29 is 9.84 Å². The summed E-state index contributed by atoms with van der Waals surface area (Å²) in [7, 11) is 1.63. The lowest BCUT2D eigenvalue weighted by molar-refractivity contribution is 0.0227. The van der Waals surface area contributed by atoms with E-state index in [-0.39, 0.29) is 6.10 Å². The van der Waals surface area contributed by atoms with Gasteiger partial charge in [0, 0.05) is 46.4 Å². The molecule has 1 fully saturated rings. The van der Waals surface area contributed by atoms with Crippen molar-refractivity contribution in [1.82, 2.24) is 9.80 Å². The predicted octanol–water partition coefficient (Wildman–Crippen LogP) is 0.267. The van der Waals surface area contributed by atoms with Gasteiger partial charge in [0.25, 0.3) is 0 Å². The monoisotopic (exact) mass is 230 g/mol. The maximum absolute atomic E-state index is 9.63. The minimum absolute atomic E-state index is 0.346. The molecular weight excluding hydrogens is 204 g/mol. The highest BCUT2D eigenvalue weighted by Gasteiger charge is 2.19. The summed E-state index contributed by atoms with van der Waals surface area (Å²) >= 11 is 0. The lowest BCUT2D eigenvalue weighted by Crippen LogP contribution is -2.49. The fourth-order valence-electron chi connectivity index (χ4n) is 2.21. The van der Waals surface area contributed by atoms with Crippen LogP contribution in [0, 0.1) is 5.92 Å². The average Bonchev–Trinajstić information content (AvgIpc) is 2.20. The van der Waals surface area contributed by atoms with Crippen LogP contribution in [0.25, 0.3) is 0 Å². The van der Waals surface area contributed by atoms with Crippen LogP contribution in [0.3, 0.4) is 0 Å². The number of aliphatic hydroxyl groups is 1. The molecule has 96 valence electrons. The van der Waals surface area contributed by atoms with Gasteiger partial charge in [-0.1, -0.05) is 13.8 Å². The van der Waals surface area contributed by atoms with Gasteiger partial charge in [-0.3, -0.25) is 4.90 Å². The first kappa shape index (κ1) is 13.9. The Morgan fingerprint density at radius 3 is 2.00 bits per heavy atom. The van der Waals surface area contributed by atoms with Crippen molar-refractivity contribution in [3.63, 3.8) is 0 Å². The minimum atomic E-state index is -0.346. The highest BCUT2D eigenvalue weighted by molar-refractivity contribution is 4.74. The van der Waals surface area contributed by atoms with Gasteiger partial charge in [-0.15, -0.1) is 0 Å². The molecule has 1 unspecified atom stereocenters. The fraction of sp³-hybridized carbons (Fsp3) is 1.00. The number of ether oxygens (including phenoxy) is 1. The van der Waals surface area contributed by atoms with Gasteiger partial charge in [-0.05, 0) is 5.92 Å². The molecule has 0 aromatic heterocycles. The van der Waals surface area contributed by atoms with Crippen molar-refractivity contribution in [1.29, 1.82) is 0 Å². The van der Waals surface area contributed by atoms with E-state index >= 15 is 0 Å². The Morgan fingerprint density at radius 2 is 1.56 bits per heavy atom. The number of methoxy groups -OCH3 is 1. The van der Waals surface area contributed by atoms with Gasteiger partial charge in [0.2, 0.25) is 0 Å². The molecule has 4 heteroatoms. The summed E-state index contributed by atoms with van der Waals surface area (Å²) in [5, 5.41) is 9.63. The third-order valence-electron chi connectivity index (χ3n) is 2.92. The molecule has 0 aliphatic carbocycles. The van der Waals surface area contributed by atoms with Crippen LogP contribution in [0.1, 0.15) is 13.8 Å². The molecule has 1 heterocycles. The van der Waals surface area contributed by atoms with Gasteiger partial charge in [0.05, 0.1) is 12.7 Å². The molecule has 0 bridgehead atoms. The summed E-state index contributed by atoms with van der Waals surface area (Å²) in [6.45, 7) is 11.3. The zero-order chi connectivity index (χ0) is 12.0. The quantitative estimate of drug-likeness (QED) is 0.710. The maximum Gasteiger partial charge on any atom is 0.0900 e. The maximum atomic E-state index is 9.63. The number of aliphatic hydroxyl groups excluding tert-OH is 1. The molecule has 1 aliphatic rings. The van der Waals surface area contributed by atoms with Crippen LogP contribution in [0.2, 0.25) is 0 Å². The zero-order valence-corrected chi connectivity index (χ0v) is 10.9. The lowest BCUT2D eigenvalue weighted by atomic mass is 10.2. The first-order valence-electron chi connectivity index (χ1n) is 6.23. The second kappa shape index (κ2) is 7.22. The van der Waals surface area contributed by atoms with Crippen LogP contribution in [-0.4, -0.2) is 74.0 Å². The number of β-amino-alcohol motifs (C(OH)–C–C–N with tert-alkyl or cyclic N) is 1. The zero-order valence-electron chi connectivity index (χ0n) is 10.9. The molecule has 0 saturated carbocycles. The van der Waals surface area contributed by atoms with E-state index in [4.69, 9.17) is 4.74 Å². The van der Waals surface area contributed by atoms with Gasteiger partial charge >= 0.3 is 0 Å². The molecule has 0 amide bonds. The van der Waals surface area contributed by atoms with Crippen molar-refractivity contribution in [2.75, 3.05) is 53.0 Å². The van der Waals surface area contributed by atoms with Crippen molar-refractivity contribution in [3.05, 3.63) is 0 Å². The summed E-state index contributed by atoms with van der Waals surface area (Å²) in [5.74, 6) is 0.741. The molecule has 0 aromatic rings. The number of hydrogen-bond acceptors (Lipinski definition) is 4. The van der Waals surface area contributed by atoms with Crippen LogP contribution in [0.5, 0.6) is 0 Å². The predicted molar refractivity (Wildman–Crippen MR) is 65.6 cm³/mol. The number of hydrogen-bond donors (Lipinski definition) is 1. The fourth-order valence-corrected chi connectivity index (χ4v) is 2.21. The minimum Gasteiger partial charge on any atom is -0.389 e. The van der Waals surface area contributed by atoms with E-state index in [1.54, 1.807) is 7.11 Å².